The Bertz CT molecular complexity index is 1090. The fourth-order valence-corrected chi connectivity index (χ4v) is 5.16. The Kier molecular flexibility index (Phi) is 8.95. The molecule has 33 heavy (non-hydrogen) atoms. The first-order valence-corrected chi connectivity index (χ1v) is 12.6. The summed E-state index contributed by atoms with van der Waals surface area (Å²) in [5, 5.41) is 0. The molecule has 1 aromatic heterocycles. The molecule has 2 aromatic rings. The monoisotopic (exact) mass is 492 g/mol. The van der Waals surface area contributed by atoms with Crippen molar-refractivity contribution in [3.05, 3.63) is 35.7 Å². The number of thioether (sulfide) groups is 1. The van der Waals surface area contributed by atoms with Gasteiger partial charge in [0.2, 0.25) is 5.91 Å². The van der Waals surface area contributed by atoms with Crippen LogP contribution in [0.3, 0.4) is 0 Å². The zero-order valence-corrected chi connectivity index (χ0v) is 20.5. The topological polar surface area (TPSA) is 93.4 Å². The van der Waals surface area contributed by atoms with Gasteiger partial charge in [-0.15, -0.1) is 18.3 Å². The van der Waals surface area contributed by atoms with Gasteiger partial charge >= 0.3 is 6.09 Å². The molecule has 3 amide bonds. The van der Waals surface area contributed by atoms with E-state index in [1.165, 1.54) is 23.1 Å². The van der Waals surface area contributed by atoms with E-state index in [-0.39, 0.29) is 29.4 Å². The van der Waals surface area contributed by atoms with E-state index >= 15 is 0 Å². The summed E-state index contributed by atoms with van der Waals surface area (Å²) in [5.74, 6) is 0.699. The van der Waals surface area contributed by atoms with Crippen LogP contribution < -0.4 is 9.54 Å². The Morgan fingerprint density at radius 1 is 1.18 bits per heavy atom. The number of rotatable bonds is 8. The summed E-state index contributed by atoms with van der Waals surface area (Å²) < 4.78 is 13.2. The van der Waals surface area contributed by atoms with Crippen molar-refractivity contribution in [2.75, 3.05) is 51.4 Å². The molecular formula is C22H28N4O5S2. The van der Waals surface area contributed by atoms with Crippen molar-refractivity contribution >= 4 is 51.2 Å². The van der Waals surface area contributed by atoms with Crippen LogP contribution in [-0.2, 0) is 20.9 Å². The highest BCUT2D eigenvalue weighted by Crippen LogP contribution is 2.23. The van der Waals surface area contributed by atoms with E-state index in [9.17, 15) is 14.4 Å². The summed E-state index contributed by atoms with van der Waals surface area (Å²) in [6.07, 6.45) is 1.41. The number of fused-ring (bicyclic) bond motifs is 1. The van der Waals surface area contributed by atoms with Gasteiger partial charge in [-0.2, -0.15) is 4.99 Å². The van der Waals surface area contributed by atoms with E-state index in [1.54, 1.807) is 29.9 Å². The summed E-state index contributed by atoms with van der Waals surface area (Å²) in [7, 11) is 1.61. The predicted molar refractivity (Wildman–Crippen MR) is 130 cm³/mol. The predicted octanol–water partition coefficient (Wildman–Crippen LogP) is 2.36. The molecule has 1 aliphatic heterocycles. The molecule has 11 heteroatoms. The lowest BCUT2D eigenvalue weighted by Gasteiger charge is -2.34. The van der Waals surface area contributed by atoms with Crippen LogP contribution in [0.4, 0.5) is 4.79 Å². The quantitative estimate of drug-likeness (QED) is 0.525. The number of benzene rings is 1. The molecule has 3 rings (SSSR count). The second kappa shape index (κ2) is 11.9. The second-order valence-electron chi connectivity index (χ2n) is 7.18. The van der Waals surface area contributed by atoms with Crippen molar-refractivity contribution in [1.29, 1.82) is 0 Å². The van der Waals surface area contributed by atoms with Gasteiger partial charge in [-0.05, 0) is 25.1 Å². The average molecular weight is 493 g/mol. The number of carbonyl (C=O) groups excluding carboxylic acids is 3. The minimum atomic E-state index is -0.348. The van der Waals surface area contributed by atoms with Gasteiger partial charge in [-0.3, -0.25) is 9.59 Å². The SMILES string of the molecule is C=CCn1c(=NC(=O)CSCC(=O)N2CCN(C(=O)OCC)CC2)sc2cc(OC)ccc21. The number of amides is 3. The van der Waals surface area contributed by atoms with Gasteiger partial charge in [0.25, 0.3) is 5.91 Å². The molecule has 0 radical (unpaired) electrons. The Labute approximate surface area is 200 Å². The molecule has 1 fully saturated rings. The molecule has 1 aliphatic rings. The fraction of sp³-hybridized carbons (Fsp3) is 0.455. The van der Waals surface area contributed by atoms with Gasteiger partial charge in [-0.25, -0.2) is 4.79 Å². The van der Waals surface area contributed by atoms with Gasteiger partial charge in [0.15, 0.2) is 4.80 Å². The Balaban J connectivity index is 1.55. The Morgan fingerprint density at radius 3 is 2.58 bits per heavy atom. The standard InChI is InChI=1S/C22H28N4O5S2/c1-4-8-26-17-7-6-16(30-3)13-18(17)33-21(26)23-19(27)14-32-15-20(28)24-9-11-25(12-10-24)22(29)31-5-2/h4,6-7,13H,1,5,8-12,14-15H2,2-3H3. The molecule has 0 N–H and O–H groups in total. The Morgan fingerprint density at radius 2 is 1.91 bits per heavy atom. The van der Waals surface area contributed by atoms with Crippen LogP contribution in [0.5, 0.6) is 5.75 Å². The highest BCUT2D eigenvalue weighted by Gasteiger charge is 2.24. The van der Waals surface area contributed by atoms with Crippen LogP contribution >= 0.6 is 23.1 Å². The van der Waals surface area contributed by atoms with Crippen molar-refractivity contribution < 1.29 is 23.9 Å². The van der Waals surface area contributed by atoms with Crippen molar-refractivity contribution in [3.63, 3.8) is 0 Å². The maximum atomic E-state index is 12.5. The van der Waals surface area contributed by atoms with Crippen molar-refractivity contribution in [1.82, 2.24) is 14.4 Å². The minimum absolute atomic E-state index is 0.0491. The van der Waals surface area contributed by atoms with Crippen molar-refractivity contribution in [3.8, 4) is 5.75 Å². The van der Waals surface area contributed by atoms with Crippen LogP contribution in [0, 0.1) is 0 Å². The summed E-state index contributed by atoms with van der Waals surface area (Å²) in [5.41, 5.74) is 0.956. The Hall–Kier alpha value is -2.79. The van der Waals surface area contributed by atoms with Gasteiger partial charge in [-0.1, -0.05) is 17.4 Å². The number of carbonyl (C=O) groups is 3. The highest BCUT2D eigenvalue weighted by molar-refractivity contribution is 8.00. The van der Waals surface area contributed by atoms with Gasteiger partial charge in [0.05, 0.1) is 35.4 Å². The summed E-state index contributed by atoms with van der Waals surface area (Å²) in [6.45, 7) is 8.23. The van der Waals surface area contributed by atoms with Gasteiger partial charge in [0.1, 0.15) is 5.75 Å². The smallest absolute Gasteiger partial charge is 0.409 e. The number of hydrogen-bond acceptors (Lipinski definition) is 7. The van der Waals surface area contributed by atoms with Gasteiger partial charge < -0.3 is 23.8 Å². The number of ether oxygens (including phenoxy) is 2. The van der Waals surface area contributed by atoms with Crippen LogP contribution in [-0.4, -0.2) is 83.7 Å². The zero-order chi connectivity index (χ0) is 23.8. The third kappa shape index (κ3) is 6.38. The molecule has 0 bridgehead atoms. The molecular weight excluding hydrogens is 464 g/mol. The molecule has 0 saturated carbocycles. The third-order valence-corrected chi connectivity index (χ3v) is 6.97. The van der Waals surface area contributed by atoms with E-state index in [0.717, 1.165) is 16.0 Å². The molecule has 0 atom stereocenters. The average Bonchev–Trinajstić information content (AvgIpc) is 3.15. The fourth-order valence-electron chi connectivity index (χ4n) is 3.38. The third-order valence-electron chi connectivity index (χ3n) is 5.03. The van der Waals surface area contributed by atoms with Crippen LogP contribution in [0.1, 0.15) is 6.92 Å². The lowest BCUT2D eigenvalue weighted by Crippen LogP contribution is -2.51. The highest BCUT2D eigenvalue weighted by atomic mass is 32.2. The maximum Gasteiger partial charge on any atom is 0.409 e. The summed E-state index contributed by atoms with van der Waals surface area (Å²) in [6, 6.07) is 5.72. The lowest BCUT2D eigenvalue weighted by atomic mass is 10.3. The molecule has 0 aliphatic carbocycles. The normalized spacial score (nSPS) is 14.4. The molecule has 0 spiro atoms. The van der Waals surface area contributed by atoms with Gasteiger partial charge in [0, 0.05) is 32.7 Å². The number of nitrogens with zero attached hydrogens (tertiary/aromatic N) is 4. The number of aromatic nitrogens is 1. The first-order valence-electron chi connectivity index (χ1n) is 10.6. The largest absolute Gasteiger partial charge is 0.497 e. The molecule has 2 heterocycles. The maximum absolute atomic E-state index is 12.5. The first-order chi connectivity index (χ1) is 16.0. The first kappa shape index (κ1) is 24.8. The van der Waals surface area contributed by atoms with E-state index in [0.29, 0.717) is 44.1 Å². The lowest BCUT2D eigenvalue weighted by molar-refractivity contribution is -0.129. The minimum Gasteiger partial charge on any atom is -0.497 e. The van der Waals surface area contributed by atoms with Crippen LogP contribution in [0.25, 0.3) is 10.2 Å². The second-order valence-corrected chi connectivity index (χ2v) is 9.18. The van der Waals surface area contributed by atoms with E-state index < -0.39 is 0 Å². The molecule has 1 aromatic carbocycles. The zero-order valence-electron chi connectivity index (χ0n) is 18.8. The van der Waals surface area contributed by atoms with Crippen molar-refractivity contribution in [2.45, 2.75) is 13.5 Å². The number of allylic oxidation sites excluding steroid dienone is 1. The number of methoxy groups -OCH3 is 1. The van der Waals surface area contributed by atoms with Crippen LogP contribution in [0.2, 0.25) is 0 Å². The number of piperazine rings is 1. The summed E-state index contributed by atoms with van der Waals surface area (Å²) in [4.78, 5) is 44.9. The molecule has 0 unspecified atom stereocenters. The van der Waals surface area contributed by atoms with E-state index in [1.807, 2.05) is 22.8 Å². The van der Waals surface area contributed by atoms with Crippen molar-refractivity contribution in [2.24, 2.45) is 4.99 Å². The van der Waals surface area contributed by atoms with Crippen LogP contribution in [0.15, 0.2) is 35.8 Å². The molecule has 9 nitrogen and oxygen atoms in total. The van der Waals surface area contributed by atoms with E-state index in [2.05, 4.69) is 11.6 Å². The molecule has 178 valence electrons. The van der Waals surface area contributed by atoms with E-state index in [4.69, 9.17) is 9.47 Å². The summed E-state index contributed by atoms with van der Waals surface area (Å²) >= 11 is 2.66. The number of thiazole rings is 1. The molecule has 1 saturated heterocycles. The number of hydrogen-bond donors (Lipinski definition) is 0.